The summed E-state index contributed by atoms with van der Waals surface area (Å²) in [6.45, 7) is 4.70. The normalized spacial score (nSPS) is 13.2. The summed E-state index contributed by atoms with van der Waals surface area (Å²) < 4.78 is 28.8. The van der Waals surface area contributed by atoms with Crippen LogP contribution in [0.2, 0.25) is 0 Å². The average Bonchev–Trinajstić information content (AvgIpc) is 3.13. The fourth-order valence-corrected chi connectivity index (χ4v) is 3.63. The molecule has 0 unspecified atom stereocenters. The number of fused-ring (bicyclic) bond motifs is 1. The molecule has 4 rings (SSSR count). The highest BCUT2D eigenvalue weighted by atomic mass is 19.1. The summed E-state index contributed by atoms with van der Waals surface area (Å²) in [5.41, 5.74) is 2.14. The number of hydrogen-bond acceptors (Lipinski definition) is 4. The first-order valence-electron chi connectivity index (χ1n) is 10.4. The largest absolute Gasteiger partial charge is 0.340 e. The van der Waals surface area contributed by atoms with E-state index in [1.54, 1.807) is 29.2 Å². The lowest BCUT2D eigenvalue weighted by molar-refractivity contribution is -0.131. The van der Waals surface area contributed by atoms with Crippen LogP contribution in [0.3, 0.4) is 0 Å². The Labute approximate surface area is 179 Å². The molecule has 0 spiro atoms. The van der Waals surface area contributed by atoms with E-state index in [9.17, 15) is 13.6 Å². The molecule has 2 heterocycles. The predicted molar refractivity (Wildman–Crippen MR) is 116 cm³/mol. The third-order valence-electron chi connectivity index (χ3n) is 5.25. The number of aromatic nitrogens is 2. The SMILES string of the molecule is CCCNCC(=O)N1CCn2c(nc(-c3ccc(F)cc3)c2Nc2ccc(F)cc2)C1. The maximum atomic E-state index is 13.5. The van der Waals surface area contributed by atoms with Crippen molar-refractivity contribution < 1.29 is 13.6 Å². The molecular formula is C23H25F2N5O. The summed E-state index contributed by atoms with van der Waals surface area (Å²) >= 11 is 0. The van der Waals surface area contributed by atoms with Crippen molar-refractivity contribution in [3.05, 3.63) is 66.0 Å². The summed E-state index contributed by atoms with van der Waals surface area (Å²) in [6, 6.07) is 12.2. The third-order valence-corrected chi connectivity index (χ3v) is 5.25. The van der Waals surface area contributed by atoms with Crippen LogP contribution in [-0.2, 0) is 17.9 Å². The van der Waals surface area contributed by atoms with Gasteiger partial charge in [0.1, 0.15) is 29.0 Å². The molecule has 0 fully saturated rings. The van der Waals surface area contributed by atoms with Gasteiger partial charge in [0.15, 0.2) is 0 Å². The van der Waals surface area contributed by atoms with E-state index in [0.29, 0.717) is 31.9 Å². The standard InChI is InChI=1S/C23H25F2N5O/c1-2-11-26-14-21(31)29-12-13-30-20(15-29)28-22(16-3-5-17(24)6-4-16)23(30)27-19-9-7-18(25)8-10-19/h3-10,26-27H,2,11-15H2,1H3. The number of hydrogen-bond donors (Lipinski definition) is 2. The fourth-order valence-electron chi connectivity index (χ4n) is 3.63. The molecule has 6 nitrogen and oxygen atoms in total. The van der Waals surface area contributed by atoms with Crippen LogP contribution < -0.4 is 10.6 Å². The van der Waals surface area contributed by atoms with Gasteiger partial charge in [0, 0.05) is 24.3 Å². The van der Waals surface area contributed by atoms with E-state index in [1.165, 1.54) is 24.3 Å². The van der Waals surface area contributed by atoms with Crippen LogP contribution in [0.15, 0.2) is 48.5 Å². The monoisotopic (exact) mass is 425 g/mol. The molecule has 0 aliphatic carbocycles. The topological polar surface area (TPSA) is 62.2 Å². The molecule has 8 heteroatoms. The highest BCUT2D eigenvalue weighted by Gasteiger charge is 2.26. The molecular weight excluding hydrogens is 400 g/mol. The van der Waals surface area contributed by atoms with Crippen molar-refractivity contribution in [2.45, 2.75) is 26.4 Å². The van der Waals surface area contributed by atoms with Crippen molar-refractivity contribution in [2.24, 2.45) is 0 Å². The Morgan fingerprint density at radius 3 is 2.39 bits per heavy atom. The molecule has 0 saturated heterocycles. The minimum absolute atomic E-state index is 0.0408. The molecule has 1 amide bonds. The van der Waals surface area contributed by atoms with Gasteiger partial charge in [-0.1, -0.05) is 6.92 Å². The minimum atomic E-state index is -0.322. The molecule has 0 radical (unpaired) electrons. The van der Waals surface area contributed by atoms with Gasteiger partial charge >= 0.3 is 0 Å². The lowest BCUT2D eigenvalue weighted by Crippen LogP contribution is -2.43. The number of amides is 1. The Morgan fingerprint density at radius 1 is 1.03 bits per heavy atom. The Morgan fingerprint density at radius 2 is 1.71 bits per heavy atom. The first kappa shape index (κ1) is 21.0. The minimum Gasteiger partial charge on any atom is -0.340 e. The van der Waals surface area contributed by atoms with Crippen LogP contribution in [-0.4, -0.2) is 40.0 Å². The maximum Gasteiger partial charge on any atom is 0.236 e. The van der Waals surface area contributed by atoms with Crippen LogP contribution in [0.4, 0.5) is 20.3 Å². The van der Waals surface area contributed by atoms with Gasteiger partial charge in [-0.25, -0.2) is 13.8 Å². The second-order valence-electron chi connectivity index (χ2n) is 7.51. The molecule has 1 aliphatic heterocycles. The maximum absolute atomic E-state index is 13.5. The summed E-state index contributed by atoms with van der Waals surface area (Å²) in [5, 5.41) is 6.48. The summed E-state index contributed by atoms with van der Waals surface area (Å²) in [4.78, 5) is 19.1. The van der Waals surface area contributed by atoms with E-state index in [0.717, 1.165) is 35.9 Å². The first-order valence-corrected chi connectivity index (χ1v) is 10.4. The Bertz CT molecular complexity index is 1050. The van der Waals surface area contributed by atoms with Crippen molar-refractivity contribution in [2.75, 3.05) is 25.0 Å². The summed E-state index contributed by atoms with van der Waals surface area (Å²) in [6.07, 6.45) is 0.969. The van der Waals surface area contributed by atoms with E-state index < -0.39 is 0 Å². The molecule has 3 aromatic rings. The number of benzene rings is 2. The van der Waals surface area contributed by atoms with Crippen LogP contribution in [0, 0.1) is 11.6 Å². The average molecular weight is 425 g/mol. The van der Waals surface area contributed by atoms with Crippen LogP contribution in [0.5, 0.6) is 0 Å². The zero-order chi connectivity index (χ0) is 21.8. The molecule has 2 aromatic carbocycles. The molecule has 1 aromatic heterocycles. The number of nitrogens with zero attached hydrogens (tertiary/aromatic N) is 3. The van der Waals surface area contributed by atoms with Gasteiger partial charge < -0.3 is 20.1 Å². The van der Waals surface area contributed by atoms with Crippen LogP contribution in [0.25, 0.3) is 11.3 Å². The number of nitrogens with one attached hydrogen (secondary N) is 2. The van der Waals surface area contributed by atoms with Crippen molar-refractivity contribution in [1.82, 2.24) is 19.8 Å². The number of imidazole rings is 1. The number of halogens is 2. The Kier molecular flexibility index (Phi) is 6.27. The highest BCUT2D eigenvalue weighted by molar-refractivity contribution is 5.79. The van der Waals surface area contributed by atoms with Gasteiger partial charge in [-0.3, -0.25) is 4.79 Å². The molecule has 162 valence electrons. The van der Waals surface area contributed by atoms with Gasteiger partial charge in [-0.05, 0) is 61.5 Å². The molecule has 0 bridgehead atoms. The summed E-state index contributed by atoms with van der Waals surface area (Å²) in [7, 11) is 0. The van der Waals surface area contributed by atoms with Gasteiger partial charge in [0.05, 0.1) is 13.1 Å². The molecule has 31 heavy (non-hydrogen) atoms. The predicted octanol–water partition coefficient (Wildman–Crippen LogP) is 3.91. The van der Waals surface area contributed by atoms with Gasteiger partial charge in [-0.15, -0.1) is 0 Å². The second-order valence-corrected chi connectivity index (χ2v) is 7.51. The molecule has 1 aliphatic rings. The number of carbonyl (C=O) groups is 1. The van der Waals surface area contributed by atoms with Crippen LogP contribution >= 0.6 is 0 Å². The smallest absolute Gasteiger partial charge is 0.236 e. The van der Waals surface area contributed by atoms with Gasteiger partial charge in [0.25, 0.3) is 0 Å². The Hall–Kier alpha value is -3.26. The summed E-state index contributed by atoms with van der Waals surface area (Å²) in [5.74, 6) is 0.894. The number of carbonyl (C=O) groups excluding carboxylic acids is 1. The van der Waals surface area contributed by atoms with E-state index in [-0.39, 0.29) is 17.5 Å². The first-order chi connectivity index (χ1) is 15.0. The van der Waals surface area contributed by atoms with Crippen molar-refractivity contribution in [3.8, 4) is 11.3 Å². The zero-order valence-corrected chi connectivity index (χ0v) is 17.4. The number of anilines is 2. The van der Waals surface area contributed by atoms with Gasteiger partial charge in [0.2, 0.25) is 5.91 Å². The van der Waals surface area contributed by atoms with Gasteiger partial charge in [-0.2, -0.15) is 0 Å². The van der Waals surface area contributed by atoms with E-state index >= 15 is 0 Å². The zero-order valence-electron chi connectivity index (χ0n) is 17.4. The van der Waals surface area contributed by atoms with Crippen molar-refractivity contribution in [3.63, 3.8) is 0 Å². The van der Waals surface area contributed by atoms with E-state index in [1.807, 2.05) is 4.57 Å². The second kappa shape index (κ2) is 9.26. The molecule has 2 N–H and O–H groups in total. The highest BCUT2D eigenvalue weighted by Crippen LogP contribution is 2.33. The third kappa shape index (κ3) is 4.74. The molecule has 0 atom stereocenters. The quantitative estimate of drug-likeness (QED) is 0.564. The lowest BCUT2D eigenvalue weighted by Gasteiger charge is -2.28. The van der Waals surface area contributed by atoms with E-state index in [2.05, 4.69) is 17.6 Å². The van der Waals surface area contributed by atoms with E-state index in [4.69, 9.17) is 4.98 Å². The van der Waals surface area contributed by atoms with Crippen LogP contribution in [0.1, 0.15) is 19.2 Å². The fraction of sp³-hybridized carbons (Fsp3) is 0.304. The van der Waals surface area contributed by atoms with Crippen molar-refractivity contribution in [1.29, 1.82) is 0 Å². The lowest BCUT2D eigenvalue weighted by atomic mass is 10.1. The molecule has 0 saturated carbocycles. The number of rotatable bonds is 7. The Balaban J connectivity index is 1.64. The van der Waals surface area contributed by atoms with Crippen molar-refractivity contribution >= 4 is 17.4 Å².